The number of carbonyl (C=O) groups is 1. The molecule has 168 valence electrons. The molecule has 0 unspecified atom stereocenters. The van der Waals surface area contributed by atoms with Crippen LogP contribution in [0.15, 0.2) is 83.8 Å². The maximum absolute atomic E-state index is 13.6. The fraction of sp³-hybridized carbons (Fsp3) is 0.208. The molecule has 3 rings (SSSR count). The van der Waals surface area contributed by atoms with E-state index in [9.17, 15) is 13.2 Å². The van der Waals surface area contributed by atoms with Crippen LogP contribution in [0.2, 0.25) is 5.02 Å². The first-order valence-electron chi connectivity index (χ1n) is 10.1. The molecule has 0 aliphatic heterocycles. The maximum atomic E-state index is 13.6. The lowest BCUT2D eigenvalue weighted by Gasteiger charge is -2.25. The molecule has 0 aliphatic rings. The van der Waals surface area contributed by atoms with E-state index in [1.807, 2.05) is 30.3 Å². The topological polar surface area (TPSA) is 75.7 Å². The quantitative estimate of drug-likeness (QED) is 0.441. The predicted octanol–water partition coefficient (Wildman–Crippen LogP) is 4.50. The number of ether oxygens (including phenoxy) is 1. The molecule has 0 fully saturated rings. The van der Waals surface area contributed by atoms with Crippen LogP contribution in [0.4, 0.5) is 5.69 Å². The van der Waals surface area contributed by atoms with Crippen molar-refractivity contribution in [3.63, 3.8) is 0 Å². The molecule has 8 heteroatoms. The lowest BCUT2D eigenvalue weighted by molar-refractivity contribution is 0.0948. The van der Waals surface area contributed by atoms with E-state index in [-0.39, 0.29) is 22.9 Å². The second kappa shape index (κ2) is 11.1. The number of amides is 1. The van der Waals surface area contributed by atoms with E-state index in [1.165, 1.54) is 16.4 Å². The van der Waals surface area contributed by atoms with Crippen molar-refractivity contribution < 1.29 is 17.9 Å². The minimum atomic E-state index is -3.96. The van der Waals surface area contributed by atoms with Crippen molar-refractivity contribution in [2.24, 2.45) is 0 Å². The van der Waals surface area contributed by atoms with Crippen LogP contribution < -0.4 is 9.62 Å². The Morgan fingerprint density at radius 3 is 2.41 bits per heavy atom. The van der Waals surface area contributed by atoms with Crippen molar-refractivity contribution >= 4 is 33.2 Å². The molecule has 6 nitrogen and oxygen atoms in total. The third-order valence-electron chi connectivity index (χ3n) is 4.78. The highest BCUT2D eigenvalue weighted by molar-refractivity contribution is 7.92. The number of benzene rings is 3. The van der Waals surface area contributed by atoms with E-state index in [0.29, 0.717) is 30.3 Å². The zero-order valence-corrected chi connectivity index (χ0v) is 19.3. The average molecular weight is 473 g/mol. The van der Waals surface area contributed by atoms with Gasteiger partial charge in [-0.05, 0) is 54.4 Å². The molecule has 0 bridgehead atoms. The number of anilines is 1. The SMILES string of the molecule is COCCCNC(=O)c1cccc(S(=O)(=O)N(Cc2ccccc2)c2ccc(Cl)cc2)c1. The first-order valence-corrected chi connectivity index (χ1v) is 11.9. The zero-order valence-electron chi connectivity index (χ0n) is 17.7. The van der Waals surface area contributed by atoms with Gasteiger partial charge in [0.25, 0.3) is 15.9 Å². The van der Waals surface area contributed by atoms with Gasteiger partial charge in [0.05, 0.1) is 17.1 Å². The van der Waals surface area contributed by atoms with Gasteiger partial charge < -0.3 is 10.1 Å². The first-order chi connectivity index (χ1) is 15.4. The molecule has 0 saturated carbocycles. The van der Waals surface area contributed by atoms with Gasteiger partial charge in [-0.1, -0.05) is 48.0 Å². The number of hydrogen-bond acceptors (Lipinski definition) is 4. The number of methoxy groups -OCH3 is 1. The molecular formula is C24H25ClN2O4S. The summed E-state index contributed by atoms with van der Waals surface area (Å²) in [5.74, 6) is -0.334. The molecule has 0 atom stereocenters. The van der Waals surface area contributed by atoms with Gasteiger partial charge >= 0.3 is 0 Å². The van der Waals surface area contributed by atoms with Gasteiger partial charge in [0.2, 0.25) is 0 Å². The summed E-state index contributed by atoms with van der Waals surface area (Å²) in [6, 6.07) is 22.0. The summed E-state index contributed by atoms with van der Waals surface area (Å²) < 4.78 is 33.6. The second-order valence-electron chi connectivity index (χ2n) is 7.10. The van der Waals surface area contributed by atoms with Crippen molar-refractivity contribution in [1.29, 1.82) is 0 Å². The lowest BCUT2D eigenvalue weighted by atomic mass is 10.2. The van der Waals surface area contributed by atoms with Crippen molar-refractivity contribution in [2.45, 2.75) is 17.9 Å². The Hall–Kier alpha value is -2.87. The summed E-state index contributed by atoms with van der Waals surface area (Å²) in [4.78, 5) is 12.5. The van der Waals surface area contributed by atoms with Gasteiger partial charge in [0.1, 0.15) is 0 Å². The molecule has 0 radical (unpaired) electrons. The Labute approximate surface area is 193 Å². The van der Waals surface area contributed by atoms with E-state index in [0.717, 1.165) is 5.56 Å². The fourth-order valence-corrected chi connectivity index (χ4v) is 4.74. The second-order valence-corrected chi connectivity index (χ2v) is 9.40. The lowest BCUT2D eigenvalue weighted by Crippen LogP contribution is -2.31. The minimum Gasteiger partial charge on any atom is -0.385 e. The highest BCUT2D eigenvalue weighted by Crippen LogP contribution is 2.27. The first kappa shape index (κ1) is 23.8. The summed E-state index contributed by atoms with van der Waals surface area (Å²) in [5, 5.41) is 3.29. The molecule has 0 saturated heterocycles. The maximum Gasteiger partial charge on any atom is 0.264 e. The monoisotopic (exact) mass is 472 g/mol. The Morgan fingerprint density at radius 1 is 1.00 bits per heavy atom. The van der Waals surface area contributed by atoms with E-state index in [1.54, 1.807) is 43.5 Å². The molecule has 32 heavy (non-hydrogen) atoms. The number of carbonyl (C=O) groups excluding carboxylic acids is 1. The summed E-state index contributed by atoms with van der Waals surface area (Å²) in [6.07, 6.45) is 0.668. The van der Waals surface area contributed by atoms with Crippen molar-refractivity contribution in [3.05, 3.63) is 95.0 Å². The highest BCUT2D eigenvalue weighted by atomic mass is 35.5. The van der Waals surface area contributed by atoms with E-state index >= 15 is 0 Å². The molecule has 0 aliphatic carbocycles. The van der Waals surface area contributed by atoms with E-state index in [2.05, 4.69) is 5.32 Å². The molecule has 0 spiro atoms. The van der Waals surface area contributed by atoms with Gasteiger partial charge in [-0.15, -0.1) is 0 Å². The number of sulfonamides is 1. The number of rotatable bonds is 10. The van der Waals surface area contributed by atoms with Crippen molar-refractivity contribution in [1.82, 2.24) is 5.32 Å². The predicted molar refractivity (Wildman–Crippen MR) is 127 cm³/mol. The zero-order chi connectivity index (χ0) is 23.0. The van der Waals surface area contributed by atoms with E-state index in [4.69, 9.17) is 16.3 Å². The third kappa shape index (κ3) is 6.09. The fourth-order valence-electron chi connectivity index (χ4n) is 3.12. The van der Waals surface area contributed by atoms with Crippen LogP contribution in [0, 0.1) is 0 Å². The van der Waals surface area contributed by atoms with Crippen LogP contribution in [0.25, 0.3) is 0 Å². The van der Waals surface area contributed by atoms with Gasteiger partial charge in [0.15, 0.2) is 0 Å². The molecule has 1 N–H and O–H groups in total. The summed E-state index contributed by atoms with van der Waals surface area (Å²) in [6.45, 7) is 1.11. The molecular weight excluding hydrogens is 448 g/mol. The standard InChI is InChI=1S/C24H25ClN2O4S/c1-31-16-6-15-26-24(28)20-9-5-10-23(17-20)32(29,30)27(18-19-7-3-2-4-8-19)22-13-11-21(25)12-14-22/h2-5,7-14,17H,6,15-16,18H2,1H3,(H,26,28). The van der Waals surface area contributed by atoms with Crippen LogP contribution in [0.3, 0.4) is 0 Å². The summed E-state index contributed by atoms with van der Waals surface area (Å²) >= 11 is 6.00. The van der Waals surface area contributed by atoms with Crippen molar-refractivity contribution in [2.75, 3.05) is 24.6 Å². The van der Waals surface area contributed by atoms with Crippen LogP contribution in [0.5, 0.6) is 0 Å². The van der Waals surface area contributed by atoms with Gasteiger partial charge in [0, 0.05) is 30.8 Å². The Morgan fingerprint density at radius 2 is 1.72 bits per heavy atom. The smallest absolute Gasteiger partial charge is 0.264 e. The molecule has 0 heterocycles. The number of nitrogens with one attached hydrogen (secondary N) is 1. The summed E-state index contributed by atoms with van der Waals surface area (Å²) in [7, 11) is -2.36. The molecule has 1 amide bonds. The van der Waals surface area contributed by atoms with E-state index < -0.39 is 10.0 Å². The Kier molecular flexibility index (Phi) is 8.27. The van der Waals surface area contributed by atoms with Crippen LogP contribution in [0.1, 0.15) is 22.3 Å². The van der Waals surface area contributed by atoms with Crippen LogP contribution in [-0.4, -0.2) is 34.6 Å². The normalized spacial score (nSPS) is 11.2. The Bertz CT molecular complexity index is 1140. The number of halogens is 1. The number of nitrogens with zero attached hydrogens (tertiary/aromatic N) is 1. The number of hydrogen-bond donors (Lipinski definition) is 1. The minimum absolute atomic E-state index is 0.0351. The van der Waals surface area contributed by atoms with Gasteiger partial charge in [-0.25, -0.2) is 8.42 Å². The average Bonchev–Trinajstić information content (AvgIpc) is 2.81. The highest BCUT2D eigenvalue weighted by Gasteiger charge is 2.26. The summed E-state index contributed by atoms with van der Waals surface area (Å²) in [5.41, 5.74) is 1.59. The molecule has 3 aromatic carbocycles. The Balaban J connectivity index is 1.92. The largest absolute Gasteiger partial charge is 0.385 e. The molecule has 0 aromatic heterocycles. The van der Waals surface area contributed by atoms with Gasteiger partial charge in [-0.3, -0.25) is 9.10 Å². The van der Waals surface area contributed by atoms with Crippen molar-refractivity contribution in [3.8, 4) is 0 Å². The molecule has 3 aromatic rings. The van der Waals surface area contributed by atoms with Crippen LogP contribution in [-0.2, 0) is 21.3 Å². The van der Waals surface area contributed by atoms with Gasteiger partial charge in [-0.2, -0.15) is 0 Å². The third-order valence-corrected chi connectivity index (χ3v) is 6.80. The van der Waals surface area contributed by atoms with Crippen LogP contribution >= 0.6 is 11.6 Å².